The summed E-state index contributed by atoms with van der Waals surface area (Å²) in [5.74, 6) is 0.445. The van der Waals surface area contributed by atoms with Gasteiger partial charge in [-0.05, 0) is 6.92 Å². The molecule has 0 amide bonds. The Morgan fingerprint density at radius 1 is 1.47 bits per heavy atom. The molecule has 1 aromatic rings. The molecule has 0 unspecified atom stereocenters. The van der Waals surface area contributed by atoms with E-state index >= 15 is 0 Å². The predicted molar refractivity (Wildman–Crippen MR) is 62.5 cm³/mol. The van der Waals surface area contributed by atoms with E-state index in [0.717, 1.165) is 0 Å². The van der Waals surface area contributed by atoms with Crippen LogP contribution in [0.25, 0.3) is 0 Å². The zero-order valence-electron chi connectivity index (χ0n) is 9.71. The molecule has 0 spiro atoms. The zero-order valence-corrected chi connectivity index (χ0v) is 9.71. The Morgan fingerprint density at radius 2 is 2.12 bits per heavy atom. The van der Waals surface area contributed by atoms with Crippen LogP contribution < -0.4 is 9.64 Å². The van der Waals surface area contributed by atoms with Crippen molar-refractivity contribution in [2.24, 2.45) is 0 Å². The Morgan fingerprint density at radius 3 is 2.59 bits per heavy atom. The first-order valence-electron chi connectivity index (χ1n) is 5.22. The Kier molecular flexibility index (Phi) is 2.66. The molecule has 1 fully saturated rings. The van der Waals surface area contributed by atoms with Crippen molar-refractivity contribution in [2.75, 3.05) is 25.1 Å². The van der Waals surface area contributed by atoms with Crippen LogP contribution in [0.5, 0.6) is 5.75 Å². The van der Waals surface area contributed by atoms with Gasteiger partial charge in [-0.2, -0.15) is 0 Å². The van der Waals surface area contributed by atoms with E-state index < -0.39 is 10.5 Å². The SMILES string of the molecule is COc1cc(N2CC(C)(O)C2)cc([N+](=O)[O-])c1. The third-order valence-electron chi connectivity index (χ3n) is 2.75. The van der Waals surface area contributed by atoms with Crippen molar-refractivity contribution in [3.05, 3.63) is 28.3 Å². The minimum absolute atomic E-state index is 0.00843. The van der Waals surface area contributed by atoms with E-state index in [0.29, 0.717) is 24.5 Å². The number of non-ortho nitro benzene ring substituents is 1. The summed E-state index contributed by atoms with van der Waals surface area (Å²) in [5, 5.41) is 20.4. The molecule has 1 heterocycles. The highest BCUT2D eigenvalue weighted by Crippen LogP contribution is 2.33. The molecule has 2 rings (SSSR count). The molecule has 1 aliphatic rings. The molecule has 1 aromatic carbocycles. The van der Waals surface area contributed by atoms with Gasteiger partial charge in [0.25, 0.3) is 5.69 Å². The summed E-state index contributed by atoms with van der Waals surface area (Å²) in [6.45, 7) is 2.67. The van der Waals surface area contributed by atoms with Crippen molar-refractivity contribution < 1.29 is 14.8 Å². The molecule has 0 atom stereocenters. The van der Waals surface area contributed by atoms with E-state index in [9.17, 15) is 15.2 Å². The lowest BCUT2D eigenvalue weighted by Gasteiger charge is -2.45. The molecule has 0 bridgehead atoms. The molecular formula is C11H14N2O4. The molecule has 0 aliphatic carbocycles. The largest absolute Gasteiger partial charge is 0.496 e. The van der Waals surface area contributed by atoms with Gasteiger partial charge < -0.3 is 14.7 Å². The number of rotatable bonds is 3. The molecule has 1 aliphatic heterocycles. The molecule has 17 heavy (non-hydrogen) atoms. The molecule has 0 radical (unpaired) electrons. The second-order valence-electron chi connectivity index (χ2n) is 4.50. The molecular weight excluding hydrogens is 224 g/mol. The molecule has 0 saturated carbocycles. The molecule has 1 saturated heterocycles. The van der Waals surface area contributed by atoms with E-state index in [1.165, 1.54) is 19.2 Å². The van der Waals surface area contributed by atoms with Crippen LogP contribution in [0.1, 0.15) is 6.92 Å². The van der Waals surface area contributed by atoms with Crippen molar-refractivity contribution in [1.29, 1.82) is 0 Å². The highest BCUT2D eigenvalue weighted by molar-refractivity contribution is 5.60. The number of nitrogens with zero attached hydrogens (tertiary/aromatic N) is 2. The Labute approximate surface area is 98.6 Å². The second kappa shape index (κ2) is 3.89. The smallest absolute Gasteiger partial charge is 0.275 e. The van der Waals surface area contributed by atoms with Gasteiger partial charge in [0, 0.05) is 30.9 Å². The van der Waals surface area contributed by atoms with Crippen LogP contribution >= 0.6 is 0 Å². The summed E-state index contributed by atoms with van der Waals surface area (Å²) >= 11 is 0. The van der Waals surface area contributed by atoms with Crippen molar-refractivity contribution in [2.45, 2.75) is 12.5 Å². The number of nitro groups is 1. The average Bonchev–Trinajstić information content (AvgIpc) is 2.25. The maximum Gasteiger partial charge on any atom is 0.275 e. The average molecular weight is 238 g/mol. The predicted octanol–water partition coefficient (Wildman–Crippen LogP) is 1.17. The normalized spacial score (nSPS) is 17.5. The van der Waals surface area contributed by atoms with Gasteiger partial charge >= 0.3 is 0 Å². The lowest BCUT2D eigenvalue weighted by molar-refractivity contribution is -0.384. The van der Waals surface area contributed by atoms with E-state index in [-0.39, 0.29) is 5.69 Å². The van der Waals surface area contributed by atoms with Crippen molar-refractivity contribution in [3.63, 3.8) is 0 Å². The first-order chi connectivity index (χ1) is 7.91. The fraction of sp³-hybridized carbons (Fsp3) is 0.455. The molecule has 6 nitrogen and oxygen atoms in total. The number of nitro benzene ring substituents is 1. The lowest BCUT2D eigenvalue weighted by atomic mass is 9.96. The number of benzene rings is 1. The highest BCUT2D eigenvalue weighted by atomic mass is 16.6. The minimum atomic E-state index is -0.710. The van der Waals surface area contributed by atoms with Crippen LogP contribution in [-0.2, 0) is 0 Å². The Balaban J connectivity index is 2.28. The molecule has 0 aromatic heterocycles. The number of anilines is 1. The topological polar surface area (TPSA) is 75.8 Å². The zero-order chi connectivity index (χ0) is 12.6. The number of hydrogen-bond acceptors (Lipinski definition) is 5. The summed E-state index contributed by atoms with van der Waals surface area (Å²) in [6, 6.07) is 4.58. The summed E-state index contributed by atoms with van der Waals surface area (Å²) in [5.41, 5.74) is -0.0221. The Hall–Kier alpha value is -1.82. The fourth-order valence-corrected chi connectivity index (χ4v) is 1.93. The van der Waals surface area contributed by atoms with Crippen molar-refractivity contribution in [1.82, 2.24) is 0 Å². The van der Waals surface area contributed by atoms with Crippen LogP contribution in [0, 0.1) is 10.1 Å². The molecule has 1 N–H and O–H groups in total. The van der Waals surface area contributed by atoms with Crippen LogP contribution in [-0.4, -0.2) is 35.8 Å². The van der Waals surface area contributed by atoms with Gasteiger partial charge in [-0.15, -0.1) is 0 Å². The highest BCUT2D eigenvalue weighted by Gasteiger charge is 2.37. The Bertz CT molecular complexity index is 451. The quantitative estimate of drug-likeness (QED) is 0.632. The summed E-state index contributed by atoms with van der Waals surface area (Å²) < 4.78 is 5.02. The monoisotopic (exact) mass is 238 g/mol. The standard InChI is InChI=1S/C11H14N2O4/c1-11(14)6-12(7-11)8-3-9(13(15)16)5-10(4-8)17-2/h3-5,14H,6-7H2,1-2H3. The van der Waals surface area contributed by atoms with Crippen molar-refractivity contribution in [3.8, 4) is 5.75 Å². The van der Waals surface area contributed by atoms with E-state index in [4.69, 9.17) is 4.74 Å². The van der Waals surface area contributed by atoms with E-state index in [2.05, 4.69) is 0 Å². The van der Waals surface area contributed by atoms with E-state index in [1.807, 2.05) is 4.90 Å². The minimum Gasteiger partial charge on any atom is -0.496 e. The number of aliphatic hydroxyl groups is 1. The molecule has 92 valence electrons. The maximum atomic E-state index is 10.8. The van der Waals surface area contributed by atoms with Crippen LogP contribution in [0.4, 0.5) is 11.4 Å². The number of hydrogen-bond donors (Lipinski definition) is 1. The van der Waals surface area contributed by atoms with Gasteiger partial charge in [0.05, 0.1) is 23.7 Å². The second-order valence-corrected chi connectivity index (χ2v) is 4.50. The third-order valence-corrected chi connectivity index (χ3v) is 2.75. The molecule has 6 heteroatoms. The van der Waals surface area contributed by atoms with Gasteiger partial charge in [0.1, 0.15) is 5.75 Å². The first-order valence-corrected chi connectivity index (χ1v) is 5.22. The summed E-state index contributed by atoms with van der Waals surface area (Å²) in [6.07, 6.45) is 0. The van der Waals surface area contributed by atoms with Crippen molar-refractivity contribution >= 4 is 11.4 Å². The maximum absolute atomic E-state index is 10.8. The fourth-order valence-electron chi connectivity index (χ4n) is 1.93. The van der Waals surface area contributed by atoms with Gasteiger partial charge in [0.15, 0.2) is 0 Å². The van der Waals surface area contributed by atoms with Gasteiger partial charge in [-0.3, -0.25) is 10.1 Å². The summed E-state index contributed by atoms with van der Waals surface area (Å²) in [4.78, 5) is 12.2. The van der Waals surface area contributed by atoms with Gasteiger partial charge in [-0.25, -0.2) is 0 Å². The summed E-state index contributed by atoms with van der Waals surface area (Å²) in [7, 11) is 1.47. The van der Waals surface area contributed by atoms with E-state index in [1.54, 1.807) is 13.0 Å². The van der Waals surface area contributed by atoms with Crippen LogP contribution in [0.15, 0.2) is 18.2 Å². The first kappa shape index (κ1) is 11.7. The number of ether oxygens (including phenoxy) is 1. The van der Waals surface area contributed by atoms with Gasteiger partial charge in [0.2, 0.25) is 0 Å². The van der Waals surface area contributed by atoms with Gasteiger partial charge in [-0.1, -0.05) is 0 Å². The number of methoxy groups -OCH3 is 1. The third kappa shape index (κ3) is 2.31. The lowest BCUT2D eigenvalue weighted by Crippen LogP contribution is -2.60. The van der Waals surface area contributed by atoms with Crippen LogP contribution in [0.2, 0.25) is 0 Å². The van der Waals surface area contributed by atoms with Crippen LogP contribution in [0.3, 0.4) is 0 Å². The number of β-amino-alcohol motifs (C(OH)–C–C–N with tert-alkyl or cyclic N) is 1.